The van der Waals surface area contributed by atoms with E-state index in [0.717, 1.165) is 21.8 Å². The highest BCUT2D eigenvalue weighted by atomic mass is 32.2. The topological polar surface area (TPSA) is 34.9 Å². The molecule has 0 saturated heterocycles. The maximum absolute atomic E-state index is 12.1. The quantitative estimate of drug-likeness (QED) is 0.626. The lowest BCUT2D eigenvalue weighted by molar-refractivity contribution is 0.0966. The molecule has 2 aromatic rings. The van der Waals surface area contributed by atoms with Gasteiger partial charge in [-0.2, -0.15) is 5.10 Å². The highest BCUT2D eigenvalue weighted by molar-refractivity contribution is 7.98. The summed E-state index contributed by atoms with van der Waals surface area (Å²) in [7, 11) is 0. The lowest BCUT2D eigenvalue weighted by Crippen LogP contribution is -2.12. The summed E-state index contributed by atoms with van der Waals surface area (Å²) < 4.78 is 1.75. The van der Waals surface area contributed by atoms with Crippen molar-refractivity contribution >= 4 is 17.5 Å². The number of benzene rings is 1. The Morgan fingerprint density at radius 3 is 2.44 bits per heavy atom. The van der Waals surface area contributed by atoms with Gasteiger partial charge in [-0.15, -0.1) is 11.8 Å². The highest BCUT2D eigenvalue weighted by Gasteiger charge is 2.09. The van der Waals surface area contributed by atoms with Crippen molar-refractivity contribution in [1.82, 2.24) is 9.78 Å². The molecule has 0 N–H and O–H groups in total. The van der Waals surface area contributed by atoms with Crippen LogP contribution in [0.1, 0.15) is 21.7 Å². The van der Waals surface area contributed by atoms with Crippen molar-refractivity contribution in [3.8, 4) is 0 Å². The van der Waals surface area contributed by atoms with Crippen LogP contribution in [0.15, 0.2) is 35.2 Å². The number of carbonyl (C=O) groups is 1. The lowest BCUT2D eigenvalue weighted by atomic mass is 10.1. The number of carbonyl (C=O) groups excluding carboxylic acids is 1. The van der Waals surface area contributed by atoms with Gasteiger partial charge >= 0.3 is 0 Å². The van der Waals surface area contributed by atoms with Gasteiger partial charge in [0.25, 0.3) is 0 Å². The molecule has 0 bridgehead atoms. The Morgan fingerprint density at radius 1 is 1.28 bits per heavy atom. The summed E-state index contributed by atoms with van der Waals surface area (Å²) in [4.78, 5) is 13.3. The van der Waals surface area contributed by atoms with Crippen molar-refractivity contribution in [2.24, 2.45) is 0 Å². The first-order valence-corrected chi connectivity index (χ1v) is 7.01. The van der Waals surface area contributed by atoms with Crippen LogP contribution >= 0.6 is 11.8 Å². The first-order chi connectivity index (χ1) is 8.60. The van der Waals surface area contributed by atoms with Crippen LogP contribution in [0, 0.1) is 13.8 Å². The van der Waals surface area contributed by atoms with Gasteiger partial charge in [0.1, 0.15) is 6.54 Å². The molecule has 0 saturated carbocycles. The van der Waals surface area contributed by atoms with Gasteiger partial charge < -0.3 is 0 Å². The number of thioether (sulfide) groups is 1. The molecule has 0 aliphatic carbocycles. The van der Waals surface area contributed by atoms with Crippen molar-refractivity contribution in [3.63, 3.8) is 0 Å². The van der Waals surface area contributed by atoms with Gasteiger partial charge in [-0.05, 0) is 38.3 Å². The second kappa shape index (κ2) is 5.40. The number of hydrogen-bond acceptors (Lipinski definition) is 3. The largest absolute Gasteiger partial charge is 0.292 e. The fourth-order valence-corrected chi connectivity index (χ4v) is 2.25. The maximum atomic E-state index is 12.1. The molecule has 0 aliphatic rings. The van der Waals surface area contributed by atoms with Crippen molar-refractivity contribution in [3.05, 3.63) is 47.3 Å². The monoisotopic (exact) mass is 260 g/mol. The molecular weight excluding hydrogens is 244 g/mol. The maximum Gasteiger partial charge on any atom is 0.184 e. The van der Waals surface area contributed by atoms with E-state index in [9.17, 15) is 4.79 Å². The van der Waals surface area contributed by atoms with E-state index >= 15 is 0 Å². The molecular formula is C14H16N2OS. The van der Waals surface area contributed by atoms with E-state index in [1.807, 2.05) is 50.4 Å². The molecule has 1 heterocycles. The molecule has 0 atom stereocenters. The molecule has 2 rings (SSSR count). The van der Waals surface area contributed by atoms with Crippen LogP contribution in [0.4, 0.5) is 0 Å². The molecule has 1 aromatic carbocycles. The van der Waals surface area contributed by atoms with Gasteiger partial charge in [-0.1, -0.05) is 12.1 Å². The molecule has 0 fully saturated rings. The van der Waals surface area contributed by atoms with E-state index in [-0.39, 0.29) is 5.78 Å². The summed E-state index contributed by atoms with van der Waals surface area (Å²) in [5.41, 5.74) is 2.69. The van der Waals surface area contributed by atoms with E-state index < -0.39 is 0 Å². The zero-order valence-corrected chi connectivity index (χ0v) is 11.6. The molecule has 18 heavy (non-hydrogen) atoms. The predicted molar refractivity (Wildman–Crippen MR) is 74.3 cm³/mol. The molecule has 3 nitrogen and oxygen atoms in total. The molecule has 0 radical (unpaired) electrons. The number of hydrogen-bond donors (Lipinski definition) is 0. The third-order valence-corrected chi connectivity index (χ3v) is 3.55. The summed E-state index contributed by atoms with van der Waals surface area (Å²) in [5.74, 6) is 0.0915. The molecule has 0 amide bonds. The number of rotatable bonds is 4. The van der Waals surface area contributed by atoms with Crippen LogP contribution in [-0.4, -0.2) is 21.8 Å². The number of aromatic nitrogens is 2. The third-order valence-electron chi connectivity index (χ3n) is 2.81. The summed E-state index contributed by atoms with van der Waals surface area (Å²) in [6.45, 7) is 4.20. The minimum absolute atomic E-state index is 0.0915. The van der Waals surface area contributed by atoms with Crippen molar-refractivity contribution in [2.45, 2.75) is 25.3 Å². The van der Waals surface area contributed by atoms with Crippen LogP contribution in [0.2, 0.25) is 0 Å². The van der Waals surface area contributed by atoms with Crippen LogP contribution in [0.3, 0.4) is 0 Å². The van der Waals surface area contributed by atoms with E-state index in [0.29, 0.717) is 6.54 Å². The Balaban J connectivity index is 2.14. The zero-order chi connectivity index (χ0) is 13.1. The van der Waals surface area contributed by atoms with Crippen LogP contribution in [0.25, 0.3) is 0 Å². The second-order valence-electron chi connectivity index (χ2n) is 4.24. The van der Waals surface area contributed by atoms with Gasteiger partial charge in [0.05, 0.1) is 5.69 Å². The minimum atomic E-state index is 0.0915. The molecule has 0 unspecified atom stereocenters. The Labute approximate surface area is 111 Å². The minimum Gasteiger partial charge on any atom is -0.292 e. The number of nitrogens with zero attached hydrogens (tertiary/aromatic N) is 2. The van der Waals surface area contributed by atoms with E-state index in [1.165, 1.54) is 0 Å². The Kier molecular flexibility index (Phi) is 3.87. The normalized spacial score (nSPS) is 10.6. The van der Waals surface area contributed by atoms with E-state index in [4.69, 9.17) is 0 Å². The van der Waals surface area contributed by atoms with Crippen LogP contribution < -0.4 is 0 Å². The van der Waals surface area contributed by atoms with Gasteiger partial charge in [0.15, 0.2) is 5.78 Å². The summed E-state index contributed by atoms with van der Waals surface area (Å²) in [5, 5.41) is 4.30. The van der Waals surface area contributed by atoms with Crippen LogP contribution in [-0.2, 0) is 6.54 Å². The highest BCUT2D eigenvalue weighted by Crippen LogP contribution is 2.15. The van der Waals surface area contributed by atoms with E-state index in [1.54, 1.807) is 16.4 Å². The first kappa shape index (κ1) is 12.9. The fourth-order valence-electron chi connectivity index (χ4n) is 1.84. The van der Waals surface area contributed by atoms with Gasteiger partial charge in [0.2, 0.25) is 0 Å². The fraction of sp³-hybridized carbons (Fsp3) is 0.286. The molecule has 1 aromatic heterocycles. The SMILES string of the molecule is CSc1ccc(C(=O)Cn2nc(C)cc2C)cc1. The smallest absolute Gasteiger partial charge is 0.184 e. The summed E-state index contributed by atoms with van der Waals surface area (Å²) >= 11 is 1.67. The second-order valence-corrected chi connectivity index (χ2v) is 5.12. The zero-order valence-electron chi connectivity index (χ0n) is 10.8. The van der Waals surface area contributed by atoms with E-state index in [2.05, 4.69) is 5.10 Å². The predicted octanol–water partition coefficient (Wildman–Crippen LogP) is 3.10. The Hall–Kier alpha value is -1.55. The van der Waals surface area contributed by atoms with Gasteiger partial charge in [-0.3, -0.25) is 9.48 Å². The number of ketones is 1. The molecule has 94 valence electrons. The van der Waals surface area contributed by atoms with Gasteiger partial charge in [0, 0.05) is 16.2 Å². The van der Waals surface area contributed by atoms with Crippen molar-refractivity contribution in [2.75, 3.05) is 6.26 Å². The van der Waals surface area contributed by atoms with Crippen molar-refractivity contribution < 1.29 is 4.79 Å². The van der Waals surface area contributed by atoms with Crippen LogP contribution in [0.5, 0.6) is 0 Å². The van der Waals surface area contributed by atoms with Crippen molar-refractivity contribution in [1.29, 1.82) is 0 Å². The molecule has 0 aliphatic heterocycles. The molecule has 0 spiro atoms. The average Bonchev–Trinajstić information content (AvgIpc) is 2.68. The standard InChI is InChI=1S/C14H16N2OS/c1-10-8-11(2)16(15-10)9-14(17)12-4-6-13(18-3)7-5-12/h4-8H,9H2,1-3H3. The Morgan fingerprint density at radius 2 is 1.94 bits per heavy atom. The summed E-state index contributed by atoms with van der Waals surface area (Å²) in [6, 6.07) is 9.67. The van der Waals surface area contributed by atoms with Gasteiger partial charge in [-0.25, -0.2) is 0 Å². The summed E-state index contributed by atoms with van der Waals surface area (Å²) in [6.07, 6.45) is 2.02. The Bertz CT molecular complexity index is 558. The third kappa shape index (κ3) is 2.82. The molecule has 4 heteroatoms. The first-order valence-electron chi connectivity index (χ1n) is 5.78. The average molecular weight is 260 g/mol. The lowest BCUT2D eigenvalue weighted by Gasteiger charge is -2.04. The number of aryl methyl sites for hydroxylation is 2. The number of Topliss-reactive ketones (excluding diaryl/α,β-unsaturated/α-hetero) is 1.